The predicted molar refractivity (Wildman–Crippen MR) is 76.4 cm³/mol. The molecule has 0 saturated carbocycles. The summed E-state index contributed by atoms with van der Waals surface area (Å²) in [5, 5.41) is 10.5. The molecule has 120 valence electrons. The van der Waals surface area contributed by atoms with Gasteiger partial charge < -0.3 is 14.8 Å². The van der Waals surface area contributed by atoms with Crippen molar-refractivity contribution in [3.8, 4) is 0 Å². The van der Waals surface area contributed by atoms with Crippen LogP contribution >= 0.6 is 0 Å². The molecule has 0 radical (unpaired) electrons. The minimum absolute atomic E-state index is 0.133. The molecular weight excluding hydrogens is 308 g/mol. The third kappa shape index (κ3) is 3.45. The zero-order chi connectivity index (χ0) is 16.3. The molecule has 0 spiro atoms. The highest BCUT2D eigenvalue weighted by Crippen LogP contribution is 2.21. The molecule has 22 heavy (non-hydrogen) atoms. The quantitative estimate of drug-likeness (QED) is 0.712. The Morgan fingerprint density at radius 3 is 2.23 bits per heavy atom. The summed E-state index contributed by atoms with van der Waals surface area (Å²) in [7, 11) is -2.18. The first kappa shape index (κ1) is 16.4. The van der Waals surface area contributed by atoms with Crippen LogP contribution in [0.3, 0.4) is 0 Å². The molecule has 0 unspecified atom stereocenters. The largest absolute Gasteiger partial charge is 0.548 e. The van der Waals surface area contributed by atoms with Crippen LogP contribution in [0.1, 0.15) is 23.2 Å². The number of rotatable bonds is 5. The molecule has 1 amide bonds. The number of carboxylic acids is 1. The molecule has 1 aromatic carbocycles. The molecule has 7 nitrogen and oxygen atoms in total. The highest BCUT2D eigenvalue weighted by Gasteiger charge is 2.27. The van der Waals surface area contributed by atoms with Crippen LogP contribution in [0.15, 0.2) is 29.2 Å². The SMILES string of the molecule is CN(CC(=O)[O-])C(=O)c1ccc(S(=O)(=O)N2CCCC2)cc1. The zero-order valence-electron chi connectivity index (χ0n) is 12.2. The highest BCUT2D eigenvalue weighted by atomic mass is 32.2. The van der Waals surface area contributed by atoms with E-state index in [9.17, 15) is 23.1 Å². The Morgan fingerprint density at radius 2 is 1.73 bits per heavy atom. The minimum atomic E-state index is -3.52. The summed E-state index contributed by atoms with van der Waals surface area (Å²) in [6.45, 7) is 0.501. The van der Waals surface area contributed by atoms with Crippen molar-refractivity contribution in [1.82, 2.24) is 9.21 Å². The zero-order valence-corrected chi connectivity index (χ0v) is 13.0. The summed E-state index contributed by atoms with van der Waals surface area (Å²) in [4.78, 5) is 23.6. The number of benzene rings is 1. The van der Waals surface area contributed by atoms with Crippen molar-refractivity contribution >= 4 is 21.9 Å². The molecule has 1 aliphatic heterocycles. The fourth-order valence-corrected chi connectivity index (χ4v) is 3.85. The van der Waals surface area contributed by atoms with Crippen molar-refractivity contribution in [2.24, 2.45) is 0 Å². The molecular formula is C14H17N2O5S-. The monoisotopic (exact) mass is 325 g/mol. The number of carbonyl (C=O) groups is 2. The van der Waals surface area contributed by atoms with Crippen LogP contribution < -0.4 is 5.11 Å². The topological polar surface area (TPSA) is 97.8 Å². The van der Waals surface area contributed by atoms with Crippen LogP contribution in [0.25, 0.3) is 0 Å². The second-order valence-electron chi connectivity index (χ2n) is 5.17. The van der Waals surface area contributed by atoms with E-state index in [0.29, 0.717) is 13.1 Å². The number of amides is 1. The minimum Gasteiger partial charge on any atom is -0.548 e. The van der Waals surface area contributed by atoms with Crippen molar-refractivity contribution in [2.75, 3.05) is 26.7 Å². The normalized spacial score (nSPS) is 15.7. The van der Waals surface area contributed by atoms with Crippen LogP contribution in [0.2, 0.25) is 0 Å². The lowest BCUT2D eigenvalue weighted by molar-refractivity contribution is -0.305. The average molecular weight is 325 g/mol. The van der Waals surface area contributed by atoms with Gasteiger partial charge in [-0.05, 0) is 37.1 Å². The third-order valence-corrected chi connectivity index (χ3v) is 5.43. The smallest absolute Gasteiger partial charge is 0.253 e. The Morgan fingerprint density at radius 1 is 1.18 bits per heavy atom. The molecule has 0 aliphatic carbocycles. The molecule has 0 atom stereocenters. The number of hydrogen-bond acceptors (Lipinski definition) is 5. The summed E-state index contributed by atoms with van der Waals surface area (Å²) in [5.41, 5.74) is 0.226. The average Bonchev–Trinajstić information content (AvgIpc) is 3.01. The fraction of sp³-hybridized carbons (Fsp3) is 0.429. The van der Waals surface area contributed by atoms with Gasteiger partial charge in [-0.3, -0.25) is 4.79 Å². The third-order valence-electron chi connectivity index (χ3n) is 3.52. The van der Waals surface area contributed by atoms with E-state index in [0.717, 1.165) is 17.7 Å². The van der Waals surface area contributed by atoms with Gasteiger partial charge in [0.2, 0.25) is 10.0 Å². The van der Waals surface area contributed by atoms with Gasteiger partial charge in [0.25, 0.3) is 5.91 Å². The van der Waals surface area contributed by atoms with E-state index in [1.54, 1.807) is 0 Å². The van der Waals surface area contributed by atoms with Gasteiger partial charge in [-0.2, -0.15) is 4.31 Å². The van der Waals surface area contributed by atoms with E-state index in [2.05, 4.69) is 0 Å². The van der Waals surface area contributed by atoms with E-state index in [1.165, 1.54) is 35.6 Å². The second-order valence-corrected chi connectivity index (χ2v) is 7.11. The van der Waals surface area contributed by atoms with Gasteiger partial charge in [0.05, 0.1) is 17.4 Å². The summed E-state index contributed by atoms with van der Waals surface area (Å²) < 4.78 is 26.1. The maximum Gasteiger partial charge on any atom is 0.253 e. The summed E-state index contributed by atoms with van der Waals surface area (Å²) >= 11 is 0. The van der Waals surface area contributed by atoms with Gasteiger partial charge >= 0.3 is 0 Å². The molecule has 0 bridgehead atoms. The Labute approximate surface area is 129 Å². The predicted octanol–water partition coefficient (Wildman–Crippen LogP) is -0.707. The van der Waals surface area contributed by atoms with Crippen LogP contribution in [-0.2, 0) is 14.8 Å². The van der Waals surface area contributed by atoms with Crippen LogP contribution in [-0.4, -0.2) is 56.2 Å². The summed E-state index contributed by atoms with van der Waals surface area (Å²) in [6.07, 6.45) is 1.70. The lowest BCUT2D eigenvalue weighted by Crippen LogP contribution is -2.39. The number of aliphatic carboxylic acids is 1. The van der Waals surface area contributed by atoms with Gasteiger partial charge in [-0.25, -0.2) is 8.42 Å². The Kier molecular flexibility index (Phi) is 4.82. The van der Waals surface area contributed by atoms with E-state index in [-0.39, 0.29) is 10.5 Å². The number of hydrogen-bond donors (Lipinski definition) is 0. The molecule has 0 N–H and O–H groups in total. The molecule has 1 heterocycles. The Bertz CT molecular complexity index is 663. The Hall–Kier alpha value is -1.93. The first-order valence-electron chi connectivity index (χ1n) is 6.88. The molecule has 1 aliphatic rings. The lowest BCUT2D eigenvalue weighted by atomic mass is 10.2. The fourth-order valence-electron chi connectivity index (χ4n) is 2.33. The molecule has 0 aromatic heterocycles. The van der Waals surface area contributed by atoms with Crippen molar-refractivity contribution in [2.45, 2.75) is 17.7 Å². The van der Waals surface area contributed by atoms with E-state index in [1.807, 2.05) is 0 Å². The first-order valence-corrected chi connectivity index (χ1v) is 8.32. The van der Waals surface area contributed by atoms with Crippen molar-refractivity contribution in [3.63, 3.8) is 0 Å². The number of likely N-dealkylation sites (N-methyl/N-ethyl adjacent to an activating group) is 1. The molecule has 1 aromatic rings. The molecule has 1 fully saturated rings. The van der Waals surface area contributed by atoms with Crippen LogP contribution in [0, 0.1) is 0 Å². The number of carbonyl (C=O) groups excluding carboxylic acids is 2. The van der Waals surface area contributed by atoms with Crippen molar-refractivity contribution in [3.05, 3.63) is 29.8 Å². The van der Waals surface area contributed by atoms with Gasteiger partial charge in [0.1, 0.15) is 0 Å². The van der Waals surface area contributed by atoms with Crippen molar-refractivity contribution < 1.29 is 23.1 Å². The second kappa shape index (κ2) is 6.45. The van der Waals surface area contributed by atoms with Crippen LogP contribution in [0.4, 0.5) is 0 Å². The summed E-state index contributed by atoms with van der Waals surface area (Å²) in [5.74, 6) is -1.86. The summed E-state index contributed by atoms with van der Waals surface area (Å²) in [6, 6.07) is 5.51. The number of carboxylic acid groups (broad SMARTS) is 1. The molecule has 2 rings (SSSR count). The maximum absolute atomic E-state index is 12.3. The first-order chi connectivity index (χ1) is 10.3. The van der Waals surface area contributed by atoms with Gasteiger partial charge in [0.15, 0.2) is 0 Å². The van der Waals surface area contributed by atoms with Gasteiger partial charge in [-0.1, -0.05) is 0 Å². The van der Waals surface area contributed by atoms with Gasteiger partial charge in [-0.15, -0.1) is 0 Å². The van der Waals surface area contributed by atoms with Gasteiger partial charge in [0, 0.05) is 25.7 Å². The number of sulfonamides is 1. The van der Waals surface area contributed by atoms with E-state index in [4.69, 9.17) is 0 Å². The van der Waals surface area contributed by atoms with Crippen LogP contribution in [0.5, 0.6) is 0 Å². The van der Waals surface area contributed by atoms with E-state index < -0.39 is 28.4 Å². The molecule has 1 saturated heterocycles. The standard InChI is InChI=1S/C14H18N2O5S/c1-15(10-13(17)18)14(19)11-4-6-12(7-5-11)22(20,21)16-8-2-3-9-16/h4-7H,2-3,8-10H2,1H3,(H,17,18)/p-1. The highest BCUT2D eigenvalue weighted by molar-refractivity contribution is 7.89. The maximum atomic E-state index is 12.3. The Balaban J connectivity index is 2.16. The lowest BCUT2D eigenvalue weighted by Gasteiger charge is -2.18. The van der Waals surface area contributed by atoms with E-state index >= 15 is 0 Å². The van der Waals surface area contributed by atoms with Crippen molar-refractivity contribution in [1.29, 1.82) is 0 Å². The molecule has 8 heteroatoms. The number of nitrogens with zero attached hydrogens (tertiary/aromatic N) is 2.